The molecule has 0 unspecified atom stereocenters. The van der Waals surface area contributed by atoms with Gasteiger partial charge in [0.05, 0.1) is 21.2 Å². The minimum absolute atomic E-state index is 0.101. The van der Waals surface area contributed by atoms with Crippen LogP contribution in [-0.2, 0) is 6.54 Å². The second-order valence-corrected chi connectivity index (χ2v) is 5.33. The van der Waals surface area contributed by atoms with Gasteiger partial charge in [0.15, 0.2) is 0 Å². The van der Waals surface area contributed by atoms with Gasteiger partial charge in [-0.05, 0) is 30.3 Å². The molecule has 0 saturated heterocycles. The van der Waals surface area contributed by atoms with Gasteiger partial charge in [0.1, 0.15) is 5.82 Å². The van der Waals surface area contributed by atoms with Crippen molar-refractivity contribution in [2.24, 2.45) is 0 Å². The Labute approximate surface area is 127 Å². The summed E-state index contributed by atoms with van der Waals surface area (Å²) in [5.41, 5.74) is 0.732. The molecular weight excluding hydrogens is 351 g/mol. The SMILES string of the molecule is O=[N+]([O-])c1ccc(F)cc1CNc1cc(Br)ccc1Cl. The number of benzene rings is 2. The predicted octanol–water partition coefficient (Wildman–Crippen LogP) is 4.76. The molecule has 7 heteroatoms. The quantitative estimate of drug-likeness (QED) is 0.632. The molecule has 0 radical (unpaired) electrons. The average molecular weight is 360 g/mol. The van der Waals surface area contributed by atoms with Crippen molar-refractivity contribution in [3.63, 3.8) is 0 Å². The van der Waals surface area contributed by atoms with Crippen molar-refractivity contribution < 1.29 is 9.31 Å². The lowest BCUT2D eigenvalue weighted by molar-refractivity contribution is -0.385. The first-order valence-corrected chi connectivity index (χ1v) is 6.76. The maximum absolute atomic E-state index is 13.2. The van der Waals surface area contributed by atoms with Crippen molar-refractivity contribution >= 4 is 38.9 Å². The number of hydrogen-bond donors (Lipinski definition) is 1. The van der Waals surface area contributed by atoms with E-state index in [0.717, 1.165) is 22.7 Å². The zero-order chi connectivity index (χ0) is 14.7. The van der Waals surface area contributed by atoms with Crippen molar-refractivity contribution in [1.29, 1.82) is 0 Å². The van der Waals surface area contributed by atoms with Crippen LogP contribution in [0.25, 0.3) is 0 Å². The highest BCUT2D eigenvalue weighted by Gasteiger charge is 2.14. The van der Waals surface area contributed by atoms with Gasteiger partial charge in [-0.2, -0.15) is 0 Å². The van der Waals surface area contributed by atoms with Gasteiger partial charge >= 0.3 is 0 Å². The highest BCUT2D eigenvalue weighted by molar-refractivity contribution is 9.10. The van der Waals surface area contributed by atoms with Crippen LogP contribution in [-0.4, -0.2) is 4.92 Å². The lowest BCUT2D eigenvalue weighted by Gasteiger charge is -2.09. The number of rotatable bonds is 4. The van der Waals surface area contributed by atoms with E-state index in [1.165, 1.54) is 0 Å². The minimum Gasteiger partial charge on any atom is -0.379 e. The summed E-state index contributed by atoms with van der Waals surface area (Å²) >= 11 is 9.31. The molecule has 4 nitrogen and oxygen atoms in total. The molecule has 2 rings (SSSR count). The minimum atomic E-state index is -0.543. The molecule has 0 atom stereocenters. The van der Waals surface area contributed by atoms with Gasteiger partial charge in [0, 0.05) is 17.1 Å². The second kappa shape index (κ2) is 6.19. The normalized spacial score (nSPS) is 10.3. The molecule has 2 aromatic rings. The maximum atomic E-state index is 13.2. The fourth-order valence-corrected chi connectivity index (χ4v) is 2.24. The maximum Gasteiger partial charge on any atom is 0.274 e. The standard InChI is InChI=1S/C13H9BrClFN2O2/c14-9-1-3-11(15)12(6-9)17-7-8-5-10(16)2-4-13(8)18(19)20/h1-6,17H,7H2. The first-order chi connectivity index (χ1) is 9.47. The van der Waals surface area contributed by atoms with E-state index in [9.17, 15) is 14.5 Å². The third-order valence-electron chi connectivity index (χ3n) is 2.64. The first-order valence-electron chi connectivity index (χ1n) is 5.59. The van der Waals surface area contributed by atoms with Gasteiger partial charge in [-0.15, -0.1) is 0 Å². The number of nitro groups is 1. The predicted molar refractivity (Wildman–Crippen MR) is 79.5 cm³/mol. The molecule has 0 heterocycles. The van der Waals surface area contributed by atoms with Crippen LogP contribution in [0.15, 0.2) is 40.9 Å². The van der Waals surface area contributed by atoms with Gasteiger partial charge < -0.3 is 5.32 Å². The number of hydrogen-bond acceptors (Lipinski definition) is 3. The van der Waals surface area contributed by atoms with E-state index in [2.05, 4.69) is 21.2 Å². The van der Waals surface area contributed by atoms with Crippen molar-refractivity contribution in [2.45, 2.75) is 6.54 Å². The van der Waals surface area contributed by atoms with Crippen LogP contribution in [0.3, 0.4) is 0 Å². The lowest BCUT2D eigenvalue weighted by atomic mass is 10.1. The molecular formula is C13H9BrClFN2O2. The van der Waals surface area contributed by atoms with Gasteiger partial charge in [-0.1, -0.05) is 27.5 Å². The summed E-state index contributed by atoms with van der Waals surface area (Å²) in [5.74, 6) is -0.521. The molecule has 1 N–H and O–H groups in total. The van der Waals surface area contributed by atoms with E-state index in [4.69, 9.17) is 11.6 Å². The van der Waals surface area contributed by atoms with Crippen molar-refractivity contribution in [1.82, 2.24) is 0 Å². The monoisotopic (exact) mass is 358 g/mol. The number of anilines is 1. The van der Waals surface area contributed by atoms with Crippen LogP contribution in [0.4, 0.5) is 15.8 Å². The fraction of sp³-hybridized carbons (Fsp3) is 0.0769. The molecule has 104 valence electrons. The molecule has 0 aliphatic rings. The fourth-order valence-electron chi connectivity index (χ4n) is 1.70. The molecule has 0 fully saturated rings. The summed E-state index contributed by atoms with van der Waals surface area (Å²) < 4.78 is 14.0. The Morgan fingerprint density at radius 1 is 1.30 bits per heavy atom. The molecule has 2 aromatic carbocycles. The third-order valence-corrected chi connectivity index (χ3v) is 3.46. The molecule has 0 bridgehead atoms. The van der Waals surface area contributed by atoms with E-state index < -0.39 is 10.7 Å². The highest BCUT2D eigenvalue weighted by Crippen LogP contribution is 2.27. The lowest BCUT2D eigenvalue weighted by Crippen LogP contribution is -2.04. The van der Waals surface area contributed by atoms with Crippen LogP contribution >= 0.6 is 27.5 Å². The molecule has 0 spiro atoms. The van der Waals surface area contributed by atoms with Crippen molar-refractivity contribution in [3.05, 3.63) is 67.4 Å². The summed E-state index contributed by atoms with van der Waals surface area (Å²) in [4.78, 5) is 10.3. The molecule has 0 aliphatic heterocycles. The Bertz CT molecular complexity index is 667. The summed E-state index contributed by atoms with van der Waals surface area (Å²) in [6.45, 7) is 0.101. The van der Waals surface area contributed by atoms with E-state index in [-0.39, 0.29) is 17.8 Å². The molecule has 0 saturated carbocycles. The Kier molecular flexibility index (Phi) is 4.57. The van der Waals surface area contributed by atoms with Crippen LogP contribution in [0.1, 0.15) is 5.56 Å². The number of halogens is 3. The summed E-state index contributed by atoms with van der Waals surface area (Å²) in [7, 11) is 0. The van der Waals surface area contributed by atoms with Crippen LogP contribution in [0.5, 0.6) is 0 Å². The largest absolute Gasteiger partial charge is 0.379 e. The molecule has 20 heavy (non-hydrogen) atoms. The van der Waals surface area contributed by atoms with Gasteiger partial charge in [0.2, 0.25) is 0 Å². The zero-order valence-corrected chi connectivity index (χ0v) is 12.4. The Morgan fingerprint density at radius 2 is 2.05 bits per heavy atom. The Morgan fingerprint density at radius 3 is 2.75 bits per heavy atom. The Hall–Kier alpha value is -1.66. The summed E-state index contributed by atoms with van der Waals surface area (Å²) in [5, 5.41) is 14.3. The van der Waals surface area contributed by atoms with E-state index >= 15 is 0 Å². The highest BCUT2D eigenvalue weighted by atomic mass is 79.9. The van der Waals surface area contributed by atoms with E-state index in [0.29, 0.717) is 10.7 Å². The topological polar surface area (TPSA) is 55.2 Å². The van der Waals surface area contributed by atoms with E-state index in [1.54, 1.807) is 18.2 Å². The average Bonchev–Trinajstić information content (AvgIpc) is 2.39. The molecule has 0 aromatic heterocycles. The number of nitrogens with one attached hydrogen (secondary N) is 1. The third kappa shape index (κ3) is 3.46. The zero-order valence-electron chi connectivity index (χ0n) is 10.1. The Balaban J connectivity index is 2.24. The van der Waals surface area contributed by atoms with Gasteiger partial charge in [0.25, 0.3) is 5.69 Å². The summed E-state index contributed by atoms with van der Waals surface area (Å²) in [6.07, 6.45) is 0. The second-order valence-electron chi connectivity index (χ2n) is 4.01. The van der Waals surface area contributed by atoms with Crippen molar-refractivity contribution in [3.8, 4) is 0 Å². The molecule has 0 amide bonds. The summed E-state index contributed by atoms with van der Waals surface area (Å²) in [6, 6.07) is 8.55. The van der Waals surface area contributed by atoms with Crippen LogP contribution < -0.4 is 5.32 Å². The van der Waals surface area contributed by atoms with Crippen LogP contribution in [0, 0.1) is 15.9 Å². The van der Waals surface area contributed by atoms with Gasteiger partial charge in [-0.25, -0.2) is 4.39 Å². The molecule has 0 aliphatic carbocycles. The van der Waals surface area contributed by atoms with E-state index in [1.807, 2.05) is 0 Å². The number of nitrogens with zero attached hydrogens (tertiary/aromatic N) is 1. The first kappa shape index (κ1) is 14.7. The van der Waals surface area contributed by atoms with Crippen LogP contribution in [0.2, 0.25) is 5.02 Å². The van der Waals surface area contributed by atoms with Crippen molar-refractivity contribution in [2.75, 3.05) is 5.32 Å². The smallest absolute Gasteiger partial charge is 0.274 e. The number of nitro benzene ring substituents is 1. The van der Waals surface area contributed by atoms with Gasteiger partial charge in [-0.3, -0.25) is 10.1 Å².